The van der Waals surface area contributed by atoms with Crippen molar-refractivity contribution in [1.29, 1.82) is 0 Å². The van der Waals surface area contributed by atoms with Crippen molar-refractivity contribution >= 4 is 17.7 Å². The quantitative estimate of drug-likeness (QED) is 0.661. The van der Waals surface area contributed by atoms with Crippen LogP contribution in [-0.4, -0.2) is 21.2 Å². The van der Waals surface area contributed by atoms with Gasteiger partial charge in [-0.05, 0) is 23.6 Å². The maximum absolute atomic E-state index is 12.1. The minimum atomic E-state index is 0.0714. The van der Waals surface area contributed by atoms with Crippen LogP contribution in [0.4, 0.5) is 0 Å². The lowest BCUT2D eigenvalue weighted by Gasteiger charge is -2.08. The maximum Gasteiger partial charge on any atom is 0.230 e. The lowest BCUT2D eigenvalue weighted by molar-refractivity contribution is -0.118. The molecule has 0 aliphatic heterocycles. The van der Waals surface area contributed by atoms with Gasteiger partial charge in [-0.1, -0.05) is 54.1 Å². The molecule has 5 heteroatoms. The van der Waals surface area contributed by atoms with E-state index in [4.69, 9.17) is 0 Å². The fourth-order valence-electron chi connectivity index (χ4n) is 2.63. The molecular weight excluding hydrogens is 342 g/mol. The van der Waals surface area contributed by atoms with Gasteiger partial charge in [0.05, 0.1) is 12.1 Å². The van der Waals surface area contributed by atoms with Gasteiger partial charge in [0.15, 0.2) is 0 Å². The Bertz CT molecular complexity index is 829. The minimum absolute atomic E-state index is 0.0714. The number of thioether (sulfide) groups is 1. The molecule has 1 N–H and O–H groups in total. The molecule has 1 amide bonds. The van der Waals surface area contributed by atoms with Crippen molar-refractivity contribution in [3.63, 3.8) is 0 Å². The molecule has 26 heavy (non-hydrogen) atoms. The number of nitrogens with one attached hydrogen (secondary N) is 1. The Morgan fingerprint density at radius 3 is 2.69 bits per heavy atom. The highest BCUT2D eigenvalue weighted by Crippen LogP contribution is 2.13. The number of rotatable bonds is 8. The first-order valence-electron chi connectivity index (χ1n) is 8.62. The molecule has 0 unspecified atom stereocenters. The molecule has 3 aromatic rings. The van der Waals surface area contributed by atoms with Gasteiger partial charge >= 0.3 is 0 Å². The van der Waals surface area contributed by atoms with Gasteiger partial charge in [0.25, 0.3) is 0 Å². The maximum atomic E-state index is 12.1. The van der Waals surface area contributed by atoms with E-state index in [2.05, 4.69) is 53.6 Å². The molecule has 3 rings (SSSR count). The summed E-state index contributed by atoms with van der Waals surface area (Å²) in [6.45, 7) is 3.42. The van der Waals surface area contributed by atoms with Crippen molar-refractivity contribution in [3.8, 4) is 0 Å². The Kier molecular flexibility index (Phi) is 6.50. The van der Waals surface area contributed by atoms with Crippen LogP contribution in [-0.2, 0) is 23.6 Å². The molecule has 2 aromatic carbocycles. The molecule has 1 heterocycles. The van der Waals surface area contributed by atoms with Crippen molar-refractivity contribution in [1.82, 2.24) is 14.9 Å². The first-order chi connectivity index (χ1) is 12.7. The summed E-state index contributed by atoms with van der Waals surface area (Å²) >= 11 is 1.64. The summed E-state index contributed by atoms with van der Waals surface area (Å²) in [5.41, 5.74) is 4.82. The molecular formula is C21H23N3OS. The predicted octanol–water partition coefficient (Wildman–Crippen LogP) is 3.79. The fraction of sp³-hybridized carbons (Fsp3) is 0.238. The highest BCUT2D eigenvalue weighted by Gasteiger charge is 2.03. The number of aryl methyl sites for hydroxylation is 1. The molecule has 0 aliphatic rings. The number of carbonyl (C=O) groups excluding carboxylic acids is 1. The van der Waals surface area contributed by atoms with E-state index in [-0.39, 0.29) is 5.91 Å². The number of hydrogen-bond acceptors (Lipinski definition) is 3. The molecule has 0 fully saturated rings. The topological polar surface area (TPSA) is 46.9 Å². The third-order valence-corrected chi connectivity index (χ3v) is 5.03. The summed E-state index contributed by atoms with van der Waals surface area (Å²) in [7, 11) is 0. The second-order valence-electron chi connectivity index (χ2n) is 6.31. The van der Waals surface area contributed by atoms with E-state index in [1.54, 1.807) is 24.3 Å². The average molecular weight is 366 g/mol. The zero-order chi connectivity index (χ0) is 18.2. The summed E-state index contributed by atoms with van der Waals surface area (Å²) < 4.78 is 2.03. The fourth-order valence-corrected chi connectivity index (χ4v) is 3.44. The van der Waals surface area contributed by atoms with Crippen LogP contribution >= 0.6 is 11.8 Å². The second-order valence-corrected chi connectivity index (χ2v) is 7.30. The summed E-state index contributed by atoms with van der Waals surface area (Å²) in [6.07, 6.45) is 5.53. The smallest absolute Gasteiger partial charge is 0.230 e. The first kappa shape index (κ1) is 18.3. The van der Waals surface area contributed by atoms with E-state index in [9.17, 15) is 4.79 Å². The lowest BCUT2D eigenvalue weighted by atomic mass is 10.1. The molecule has 0 bridgehead atoms. The van der Waals surface area contributed by atoms with Crippen LogP contribution in [0.2, 0.25) is 0 Å². The van der Waals surface area contributed by atoms with E-state index in [1.807, 2.05) is 22.9 Å². The third-order valence-electron chi connectivity index (χ3n) is 4.03. The number of nitrogens with zero attached hydrogens (tertiary/aromatic N) is 2. The number of carbonyl (C=O) groups is 1. The molecule has 4 nitrogen and oxygen atoms in total. The predicted molar refractivity (Wildman–Crippen MR) is 107 cm³/mol. The van der Waals surface area contributed by atoms with Crippen LogP contribution in [0.5, 0.6) is 0 Å². The standard InChI is InChI=1S/C21H23N3OS/c1-17-5-7-18(8-6-17)14-26-15-21(25)23-12-19-3-2-4-20(11-19)13-24-10-9-22-16-24/h2-11,16H,12-15H2,1H3,(H,23,25). The van der Waals surface area contributed by atoms with Crippen LogP contribution < -0.4 is 5.32 Å². The van der Waals surface area contributed by atoms with Crippen molar-refractivity contribution in [3.05, 3.63) is 89.5 Å². The van der Waals surface area contributed by atoms with E-state index in [0.29, 0.717) is 12.3 Å². The van der Waals surface area contributed by atoms with Crippen LogP contribution in [0, 0.1) is 6.92 Å². The Labute approximate surface area is 158 Å². The zero-order valence-corrected chi connectivity index (χ0v) is 15.7. The Balaban J connectivity index is 1.41. The lowest BCUT2D eigenvalue weighted by Crippen LogP contribution is -2.24. The van der Waals surface area contributed by atoms with E-state index in [0.717, 1.165) is 17.9 Å². The van der Waals surface area contributed by atoms with Gasteiger partial charge in [-0.3, -0.25) is 4.79 Å². The Morgan fingerprint density at radius 1 is 1.12 bits per heavy atom. The number of amides is 1. The molecule has 0 aliphatic carbocycles. The summed E-state index contributed by atoms with van der Waals surface area (Å²) in [5.74, 6) is 1.40. The molecule has 0 radical (unpaired) electrons. The van der Waals surface area contributed by atoms with Gasteiger partial charge in [-0.25, -0.2) is 4.98 Å². The van der Waals surface area contributed by atoms with Crippen LogP contribution in [0.1, 0.15) is 22.3 Å². The van der Waals surface area contributed by atoms with Gasteiger partial charge in [0.2, 0.25) is 5.91 Å². The van der Waals surface area contributed by atoms with E-state index >= 15 is 0 Å². The molecule has 0 saturated carbocycles. The average Bonchev–Trinajstić information content (AvgIpc) is 3.15. The Hall–Kier alpha value is -2.53. The van der Waals surface area contributed by atoms with Crippen LogP contribution in [0.3, 0.4) is 0 Å². The largest absolute Gasteiger partial charge is 0.351 e. The van der Waals surface area contributed by atoms with Crippen molar-refractivity contribution in [2.75, 3.05) is 5.75 Å². The van der Waals surface area contributed by atoms with Gasteiger partial charge in [-0.15, -0.1) is 11.8 Å². The number of benzene rings is 2. The molecule has 1 aromatic heterocycles. The highest BCUT2D eigenvalue weighted by molar-refractivity contribution is 7.99. The summed E-state index contributed by atoms with van der Waals surface area (Å²) in [4.78, 5) is 16.1. The van der Waals surface area contributed by atoms with Gasteiger partial charge < -0.3 is 9.88 Å². The van der Waals surface area contributed by atoms with E-state index < -0.39 is 0 Å². The normalized spacial score (nSPS) is 10.7. The molecule has 0 saturated heterocycles. The summed E-state index contributed by atoms with van der Waals surface area (Å²) in [6, 6.07) is 16.7. The molecule has 134 valence electrons. The molecule has 0 atom stereocenters. The minimum Gasteiger partial charge on any atom is -0.351 e. The number of aromatic nitrogens is 2. The highest BCUT2D eigenvalue weighted by atomic mass is 32.2. The number of imidazole rings is 1. The van der Waals surface area contributed by atoms with Gasteiger partial charge in [0.1, 0.15) is 0 Å². The monoisotopic (exact) mass is 365 g/mol. The summed E-state index contributed by atoms with van der Waals surface area (Å²) in [5, 5.41) is 3.00. The second kappa shape index (κ2) is 9.25. The molecule has 0 spiro atoms. The third kappa shape index (κ3) is 5.77. The zero-order valence-electron chi connectivity index (χ0n) is 14.9. The van der Waals surface area contributed by atoms with Gasteiger partial charge in [0, 0.05) is 31.2 Å². The van der Waals surface area contributed by atoms with Crippen LogP contribution in [0.15, 0.2) is 67.3 Å². The van der Waals surface area contributed by atoms with E-state index in [1.165, 1.54) is 16.7 Å². The van der Waals surface area contributed by atoms with Crippen molar-refractivity contribution < 1.29 is 4.79 Å². The van der Waals surface area contributed by atoms with Crippen molar-refractivity contribution in [2.45, 2.75) is 25.8 Å². The van der Waals surface area contributed by atoms with Crippen LogP contribution in [0.25, 0.3) is 0 Å². The van der Waals surface area contributed by atoms with Crippen molar-refractivity contribution in [2.24, 2.45) is 0 Å². The first-order valence-corrected chi connectivity index (χ1v) is 9.78. The number of hydrogen-bond donors (Lipinski definition) is 1. The Morgan fingerprint density at radius 2 is 1.92 bits per heavy atom. The SMILES string of the molecule is Cc1ccc(CSCC(=O)NCc2cccc(Cn3ccnc3)c2)cc1. The van der Waals surface area contributed by atoms with Gasteiger partial charge in [-0.2, -0.15) is 0 Å².